The molecule has 0 aliphatic carbocycles. The van der Waals surface area contributed by atoms with Gasteiger partial charge in [-0.3, -0.25) is 19.4 Å². The molecule has 0 aliphatic heterocycles. The van der Waals surface area contributed by atoms with Gasteiger partial charge in [0.25, 0.3) is 0 Å². The van der Waals surface area contributed by atoms with E-state index < -0.39 is 17.9 Å². The second-order valence-electron chi connectivity index (χ2n) is 7.06. The zero-order chi connectivity index (χ0) is 21.5. The number of ketones is 1. The number of hydrogen-bond acceptors (Lipinski definition) is 4. The first-order chi connectivity index (χ1) is 14.4. The molecule has 30 heavy (non-hydrogen) atoms. The van der Waals surface area contributed by atoms with Crippen LogP contribution in [0.25, 0.3) is 0 Å². The lowest BCUT2D eigenvalue weighted by molar-refractivity contribution is -0.136. The first-order valence-electron chi connectivity index (χ1n) is 9.61. The molecule has 152 valence electrons. The van der Waals surface area contributed by atoms with Crippen LogP contribution in [0, 0.1) is 6.92 Å². The fourth-order valence-corrected chi connectivity index (χ4v) is 2.97. The summed E-state index contributed by atoms with van der Waals surface area (Å²) in [5.74, 6) is -1.61. The highest BCUT2D eigenvalue weighted by molar-refractivity contribution is 6.39. The highest BCUT2D eigenvalue weighted by Crippen LogP contribution is 2.17. The van der Waals surface area contributed by atoms with Crippen molar-refractivity contribution in [1.82, 2.24) is 10.3 Å². The molecule has 0 aliphatic rings. The number of aryl methyl sites for hydroxylation is 1. The first-order valence-corrected chi connectivity index (χ1v) is 9.61. The molecule has 2 aromatic carbocycles. The number of rotatable bonds is 6. The molecule has 0 unspecified atom stereocenters. The average molecular weight is 401 g/mol. The molecule has 1 atom stereocenters. The summed E-state index contributed by atoms with van der Waals surface area (Å²) in [5.41, 5.74) is 3.81. The quantitative estimate of drug-likeness (QED) is 0.488. The van der Waals surface area contributed by atoms with Crippen molar-refractivity contribution < 1.29 is 14.4 Å². The maximum absolute atomic E-state index is 12.5. The number of nitrogens with one attached hydrogen (secondary N) is 2. The van der Waals surface area contributed by atoms with E-state index in [0.717, 1.165) is 11.1 Å². The van der Waals surface area contributed by atoms with E-state index in [0.29, 0.717) is 23.4 Å². The summed E-state index contributed by atoms with van der Waals surface area (Å²) in [6, 6.07) is 19.4. The van der Waals surface area contributed by atoms with Crippen molar-refractivity contribution >= 4 is 23.3 Å². The van der Waals surface area contributed by atoms with Crippen LogP contribution in [0.15, 0.2) is 72.9 Å². The molecule has 2 amide bonds. The summed E-state index contributed by atoms with van der Waals surface area (Å²) >= 11 is 0. The van der Waals surface area contributed by atoms with Crippen molar-refractivity contribution in [2.45, 2.75) is 26.3 Å². The van der Waals surface area contributed by atoms with Crippen LogP contribution in [0.4, 0.5) is 5.69 Å². The van der Waals surface area contributed by atoms with Crippen LogP contribution >= 0.6 is 0 Å². The van der Waals surface area contributed by atoms with Gasteiger partial charge in [-0.1, -0.05) is 35.9 Å². The van der Waals surface area contributed by atoms with Crippen LogP contribution < -0.4 is 10.6 Å². The van der Waals surface area contributed by atoms with Crippen molar-refractivity contribution in [1.29, 1.82) is 0 Å². The van der Waals surface area contributed by atoms with Gasteiger partial charge in [0.05, 0.1) is 11.7 Å². The molecule has 2 N–H and O–H groups in total. The maximum atomic E-state index is 12.5. The largest absolute Gasteiger partial charge is 0.339 e. The predicted molar refractivity (Wildman–Crippen MR) is 115 cm³/mol. The summed E-state index contributed by atoms with van der Waals surface area (Å²) in [6.07, 6.45) is 2.16. The second kappa shape index (κ2) is 9.60. The van der Waals surface area contributed by atoms with Gasteiger partial charge in [-0.15, -0.1) is 0 Å². The summed E-state index contributed by atoms with van der Waals surface area (Å²) in [5, 5.41) is 5.33. The van der Waals surface area contributed by atoms with E-state index in [1.807, 2.05) is 43.3 Å². The van der Waals surface area contributed by atoms with E-state index in [4.69, 9.17) is 0 Å². The van der Waals surface area contributed by atoms with Crippen molar-refractivity contribution in [3.63, 3.8) is 0 Å². The molecule has 0 spiro atoms. The number of carbonyl (C=O) groups excluding carboxylic acids is 3. The van der Waals surface area contributed by atoms with Crippen molar-refractivity contribution in [2.24, 2.45) is 0 Å². The van der Waals surface area contributed by atoms with Gasteiger partial charge in [-0.05, 0) is 62.2 Å². The molecule has 0 saturated heterocycles. The van der Waals surface area contributed by atoms with Gasteiger partial charge in [0.2, 0.25) is 0 Å². The van der Waals surface area contributed by atoms with Gasteiger partial charge in [0.15, 0.2) is 5.78 Å². The molecular weight excluding hydrogens is 378 g/mol. The van der Waals surface area contributed by atoms with Crippen LogP contribution in [-0.4, -0.2) is 22.6 Å². The van der Waals surface area contributed by atoms with E-state index in [1.165, 1.54) is 6.92 Å². The van der Waals surface area contributed by atoms with Crippen molar-refractivity contribution in [2.75, 3.05) is 5.32 Å². The molecule has 3 rings (SSSR count). The number of anilines is 1. The molecule has 6 heteroatoms. The molecule has 1 aromatic heterocycles. The minimum Gasteiger partial charge on any atom is -0.339 e. The summed E-state index contributed by atoms with van der Waals surface area (Å²) in [6.45, 7) is 3.47. The lowest BCUT2D eigenvalue weighted by Crippen LogP contribution is -2.38. The minimum absolute atomic E-state index is 0.0695. The number of aromatic nitrogens is 1. The first kappa shape index (κ1) is 20.9. The zero-order valence-corrected chi connectivity index (χ0v) is 16.9. The maximum Gasteiger partial charge on any atom is 0.313 e. The number of benzene rings is 2. The van der Waals surface area contributed by atoms with Gasteiger partial charge in [-0.25, -0.2) is 0 Å². The Morgan fingerprint density at radius 3 is 2.20 bits per heavy atom. The number of carbonyl (C=O) groups is 3. The fraction of sp³-hybridized carbons (Fsp3) is 0.167. The van der Waals surface area contributed by atoms with Crippen LogP contribution in [0.5, 0.6) is 0 Å². The average Bonchev–Trinajstić information content (AvgIpc) is 2.75. The number of amides is 2. The van der Waals surface area contributed by atoms with Gasteiger partial charge >= 0.3 is 11.8 Å². The molecule has 0 saturated carbocycles. The van der Waals surface area contributed by atoms with Gasteiger partial charge < -0.3 is 10.6 Å². The standard InChI is InChI=1S/C24H23N3O3/c1-16-6-8-18(9-7-16)15-22(21-5-3-4-14-25-21)27-24(30)23(29)26-20-12-10-19(11-13-20)17(2)28/h3-14,22H,15H2,1-2H3,(H,26,29)(H,27,30)/t22-/m0/s1. The van der Waals surface area contributed by atoms with E-state index in [1.54, 1.807) is 36.5 Å². The van der Waals surface area contributed by atoms with Gasteiger partial charge in [-0.2, -0.15) is 0 Å². The van der Waals surface area contributed by atoms with Crippen LogP contribution in [0.1, 0.15) is 40.1 Å². The third-order valence-corrected chi connectivity index (χ3v) is 4.67. The monoisotopic (exact) mass is 401 g/mol. The lowest BCUT2D eigenvalue weighted by atomic mass is 10.0. The fourth-order valence-electron chi connectivity index (χ4n) is 2.97. The molecule has 6 nitrogen and oxygen atoms in total. The molecule has 1 heterocycles. The van der Waals surface area contributed by atoms with Crippen molar-refractivity contribution in [3.05, 3.63) is 95.3 Å². The number of pyridine rings is 1. The smallest absolute Gasteiger partial charge is 0.313 e. The topological polar surface area (TPSA) is 88.2 Å². The highest BCUT2D eigenvalue weighted by atomic mass is 16.2. The lowest BCUT2D eigenvalue weighted by Gasteiger charge is -2.18. The van der Waals surface area contributed by atoms with Crippen LogP contribution in [0.2, 0.25) is 0 Å². The molecule has 0 bridgehead atoms. The number of hydrogen-bond donors (Lipinski definition) is 2. The Morgan fingerprint density at radius 2 is 1.60 bits per heavy atom. The predicted octanol–water partition coefficient (Wildman–Crippen LogP) is 3.63. The van der Waals surface area contributed by atoms with Gasteiger partial charge in [0.1, 0.15) is 0 Å². The number of nitrogens with zero attached hydrogens (tertiary/aromatic N) is 1. The molecule has 0 radical (unpaired) electrons. The number of Topliss-reactive ketones (excluding diaryl/α,β-unsaturated/α-hetero) is 1. The van der Waals surface area contributed by atoms with E-state index in [9.17, 15) is 14.4 Å². The minimum atomic E-state index is -0.782. The third kappa shape index (κ3) is 5.61. The summed E-state index contributed by atoms with van der Waals surface area (Å²) in [7, 11) is 0. The SMILES string of the molecule is CC(=O)c1ccc(NC(=O)C(=O)N[C@@H](Cc2ccc(C)cc2)c2ccccn2)cc1. The van der Waals surface area contributed by atoms with Crippen LogP contribution in [-0.2, 0) is 16.0 Å². The highest BCUT2D eigenvalue weighted by Gasteiger charge is 2.21. The molecular formula is C24H23N3O3. The Kier molecular flexibility index (Phi) is 6.70. The van der Waals surface area contributed by atoms with Crippen LogP contribution in [0.3, 0.4) is 0 Å². The third-order valence-electron chi connectivity index (χ3n) is 4.67. The Labute approximate surface area is 175 Å². The Hall–Kier alpha value is -3.80. The van der Waals surface area contributed by atoms with Crippen molar-refractivity contribution in [3.8, 4) is 0 Å². The zero-order valence-electron chi connectivity index (χ0n) is 16.9. The van der Waals surface area contributed by atoms with E-state index >= 15 is 0 Å². The summed E-state index contributed by atoms with van der Waals surface area (Å²) < 4.78 is 0. The molecule has 3 aromatic rings. The second-order valence-corrected chi connectivity index (χ2v) is 7.06. The summed E-state index contributed by atoms with van der Waals surface area (Å²) in [4.78, 5) is 40.6. The van der Waals surface area contributed by atoms with E-state index in [-0.39, 0.29) is 5.78 Å². The Balaban J connectivity index is 1.71. The van der Waals surface area contributed by atoms with Gasteiger partial charge in [0, 0.05) is 17.4 Å². The Morgan fingerprint density at radius 1 is 0.900 bits per heavy atom. The molecule has 0 fully saturated rings. The van der Waals surface area contributed by atoms with E-state index in [2.05, 4.69) is 15.6 Å². The normalized spacial score (nSPS) is 11.4. The Bertz CT molecular complexity index is 1030.